The molecule has 1 unspecified atom stereocenters. The fraction of sp³-hybridized carbons (Fsp3) is 0.476. The van der Waals surface area contributed by atoms with E-state index in [1.165, 1.54) is 0 Å². The summed E-state index contributed by atoms with van der Waals surface area (Å²) in [6.07, 6.45) is 3.71. The highest BCUT2D eigenvalue weighted by Gasteiger charge is 2.27. The van der Waals surface area contributed by atoms with Gasteiger partial charge in [-0.15, -0.1) is 0 Å². The molecule has 1 aromatic heterocycles. The topological polar surface area (TPSA) is 58.6 Å². The molecule has 0 saturated carbocycles. The monoisotopic (exact) mass is 366 g/mol. The van der Waals surface area contributed by atoms with Crippen molar-refractivity contribution in [1.29, 1.82) is 0 Å². The number of hydrogen-bond donors (Lipinski definition) is 0. The van der Waals surface area contributed by atoms with Crippen LogP contribution in [0, 0.1) is 6.92 Å². The summed E-state index contributed by atoms with van der Waals surface area (Å²) in [6.45, 7) is 6.74. The number of piperidine rings is 1. The van der Waals surface area contributed by atoms with Crippen molar-refractivity contribution in [2.75, 3.05) is 44.3 Å². The largest absolute Gasteiger partial charge is 0.378 e. The van der Waals surface area contributed by atoms with Crippen LogP contribution in [-0.4, -0.2) is 60.2 Å². The Morgan fingerprint density at radius 2 is 2.00 bits per heavy atom. The molecule has 0 N–H and O–H groups in total. The molecule has 0 radical (unpaired) electrons. The molecule has 2 saturated heterocycles. The van der Waals surface area contributed by atoms with Gasteiger partial charge in [0.15, 0.2) is 0 Å². The summed E-state index contributed by atoms with van der Waals surface area (Å²) >= 11 is 0. The Morgan fingerprint density at radius 3 is 2.81 bits per heavy atom. The Balaban J connectivity index is 1.49. The van der Waals surface area contributed by atoms with E-state index in [2.05, 4.69) is 20.9 Å². The molecule has 2 aliphatic rings. The lowest BCUT2D eigenvalue weighted by Crippen LogP contribution is -2.39. The van der Waals surface area contributed by atoms with Gasteiger partial charge in [0.25, 0.3) is 5.91 Å². The molecule has 4 rings (SSSR count). The van der Waals surface area contributed by atoms with Crippen molar-refractivity contribution in [1.82, 2.24) is 14.9 Å². The average molecular weight is 366 g/mol. The summed E-state index contributed by atoms with van der Waals surface area (Å²) in [5.41, 5.74) is 2.92. The van der Waals surface area contributed by atoms with Crippen LogP contribution in [0.2, 0.25) is 0 Å². The number of anilines is 1. The lowest BCUT2D eigenvalue weighted by atomic mass is 9.93. The van der Waals surface area contributed by atoms with Crippen LogP contribution < -0.4 is 4.90 Å². The average Bonchev–Trinajstić information content (AvgIpc) is 2.74. The van der Waals surface area contributed by atoms with Crippen molar-refractivity contribution in [2.24, 2.45) is 0 Å². The van der Waals surface area contributed by atoms with Gasteiger partial charge in [-0.1, -0.05) is 17.7 Å². The van der Waals surface area contributed by atoms with E-state index in [9.17, 15) is 4.79 Å². The Bertz CT molecular complexity index is 804. The first kappa shape index (κ1) is 17.9. The van der Waals surface area contributed by atoms with Crippen molar-refractivity contribution in [2.45, 2.75) is 25.7 Å². The highest BCUT2D eigenvalue weighted by Crippen LogP contribution is 2.28. The molecule has 27 heavy (non-hydrogen) atoms. The van der Waals surface area contributed by atoms with Gasteiger partial charge in [0.05, 0.1) is 18.9 Å². The SMILES string of the molecule is Cc1cccc(C(=O)N2CCCC(c3cc(N4CCOCC4)ncn3)C2)c1. The van der Waals surface area contributed by atoms with Crippen LogP contribution in [0.5, 0.6) is 0 Å². The predicted molar refractivity (Wildman–Crippen MR) is 104 cm³/mol. The molecule has 6 nitrogen and oxygen atoms in total. The minimum absolute atomic E-state index is 0.117. The summed E-state index contributed by atoms with van der Waals surface area (Å²) < 4.78 is 5.43. The van der Waals surface area contributed by atoms with E-state index in [1.54, 1.807) is 6.33 Å². The lowest BCUT2D eigenvalue weighted by molar-refractivity contribution is 0.0705. The fourth-order valence-corrected chi connectivity index (χ4v) is 3.91. The van der Waals surface area contributed by atoms with E-state index in [1.807, 2.05) is 36.1 Å². The number of amides is 1. The number of likely N-dealkylation sites (tertiary alicyclic amines) is 1. The van der Waals surface area contributed by atoms with Crippen LogP contribution in [0.3, 0.4) is 0 Å². The number of morpholine rings is 1. The number of nitrogens with zero attached hydrogens (tertiary/aromatic N) is 4. The fourth-order valence-electron chi connectivity index (χ4n) is 3.91. The highest BCUT2D eigenvalue weighted by atomic mass is 16.5. The van der Waals surface area contributed by atoms with Crippen LogP contribution in [0.1, 0.15) is 40.4 Å². The quantitative estimate of drug-likeness (QED) is 0.836. The summed E-state index contributed by atoms with van der Waals surface area (Å²) in [5, 5.41) is 0. The van der Waals surface area contributed by atoms with Gasteiger partial charge < -0.3 is 14.5 Å². The number of benzene rings is 1. The highest BCUT2D eigenvalue weighted by molar-refractivity contribution is 5.94. The minimum atomic E-state index is 0.117. The van der Waals surface area contributed by atoms with Crippen LogP contribution in [0.15, 0.2) is 36.7 Å². The molecule has 1 atom stereocenters. The number of aromatic nitrogens is 2. The molecule has 0 bridgehead atoms. The number of rotatable bonds is 3. The molecule has 1 aromatic carbocycles. The molecule has 142 valence electrons. The van der Waals surface area contributed by atoms with Gasteiger partial charge in [-0.3, -0.25) is 4.79 Å². The van der Waals surface area contributed by atoms with Crippen LogP contribution in [0.25, 0.3) is 0 Å². The minimum Gasteiger partial charge on any atom is -0.378 e. The lowest BCUT2D eigenvalue weighted by Gasteiger charge is -2.33. The van der Waals surface area contributed by atoms with Crippen molar-refractivity contribution in [3.8, 4) is 0 Å². The third kappa shape index (κ3) is 4.11. The van der Waals surface area contributed by atoms with Gasteiger partial charge in [-0.05, 0) is 31.9 Å². The summed E-state index contributed by atoms with van der Waals surface area (Å²) in [6, 6.07) is 9.93. The van der Waals surface area contributed by atoms with Crippen LogP contribution >= 0.6 is 0 Å². The third-order valence-electron chi connectivity index (χ3n) is 5.40. The second kappa shape index (κ2) is 8.05. The molecule has 6 heteroatoms. The van der Waals surface area contributed by atoms with E-state index in [0.29, 0.717) is 6.54 Å². The van der Waals surface area contributed by atoms with E-state index >= 15 is 0 Å². The standard InChI is InChI=1S/C21H26N4O2/c1-16-4-2-5-17(12-16)21(26)25-7-3-6-18(14-25)19-13-20(23-15-22-19)24-8-10-27-11-9-24/h2,4-5,12-13,15,18H,3,6-11,14H2,1H3. The van der Waals surface area contributed by atoms with Gasteiger partial charge in [-0.2, -0.15) is 0 Å². The molecule has 3 heterocycles. The Morgan fingerprint density at radius 1 is 1.15 bits per heavy atom. The normalized spacial score (nSPS) is 20.6. The second-order valence-corrected chi connectivity index (χ2v) is 7.36. The molecule has 2 aliphatic heterocycles. The van der Waals surface area contributed by atoms with Crippen LogP contribution in [-0.2, 0) is 4.74 Å². The zero-order chi connectivity index (χ0) is 18.6. The Labute approximate surface area is 160 Å². The first-order chi connectivity index (χ1) is 13.2. The zero-order valence-electron chi connectivity index (χ0n) is 15.8. The van der Waals surface area contributed by atoms with Crippen molar-refractivity contribution in [3.63, 3.8) is 0 Å². The van der Waals surface area contributed by atoms with Gasteiger partial charge in [0.2, 0.25) is 0 Å². The third-order valence-corrected chi connectivity index (χ3v) is 5.40. The molecule has 1 amide bonds. The molecular weight excluding hydrogens is 340 g/mol. The molecule has 2 fully saturated rings. The maximum Gasteiger partial charge on any atom is 0.253 e. The number of aryl methyl sites for hydroxylation is 1. The van der Waals surface area contributed by atoms with E-state index in [4.69, 9.17) is 4.74 Å². The molecule has 2 aromatic rings. The Kier molecular flexibility index (Phi) is 5.34. The van der Waals surface area contributed by atoms with Gasteiger partial charge in [0.1, 0.15) is 12.1 Å². The number of carbonyl (C=O) groups is 1. The number of hydrogen-bond acceptors (Lipinski definition) is 5. The maximum absolute atomic E-state index is 12.9. The first-order valence-electron chi connectivity index (χ1n) is 9.71. The summed E-state index contributed by atoms with van der Waals surface area (Å²) in [5.74, 6) is 1.34. The van der Waals surface area contributed by atoms with Crippen molar-refractivity contribution in [3.05, 3.63) is 53.5 Å². The van der Waals surface area contributed by atoms with E-state index < -0.39 is 0 Å². The molecule has 0 aliphatic carbocycles. The van der Waals surface area contributed by atoms with Gasteiger partial charge in [0, 0.05) is 43.7 Å². The zero-order valence-corrected chi connectivity index (χ0v) is 15.8. The van der Waals surface area contributed by atoms with Crippen LogP contribution in [0.4, 0.5) is 5.82 Å². The number of ether oxygens (including phenoxy) is 1. The Hall–Kier alpha value is -2.47. The van der Waals surface area contributed by atoms with Gasteiger partial charge >= 0.3 is 0 Å². The first-order valence-corrected chi connectivity index (χ1v) is 9.71. The smallest absolute Gasteiger partial charge is 0.253 e. The van der Waals surface area contributed by atoms with E-state index in [-0.39, 0.29) is 11.8 Å². The van der Waals surface area contributed by atoms with Crippen molar-refractivity contribution >= 4 is 11.7 Å². The molecule has 0 spiro atoms. The second-order valence-electron chi connectivity index (χ2n) is 7.36. The number of carbonyl (C=O) groups excluding carboxylic acids is 1. The molecular formula is C21H26N4O2. The van der Waals surface area contributed by atoms with Crippen molar-refractivity contribution < 1.29 is 9.53 Å². The van der Waals surface area contributed by atoms with Gasteiger partial charge in [-0.25, -0.2) is 9.97 Å². The maximum atomic E-state index is 12.9. The van der Waals surface area contributed by atoms with E-state index in [0.717, 1.165) is 68.3 Å². The summed E-state index contributed by atoms with van der Waals surface area (Å²) in [4.78, 5) is 26.1. The predicted octanol–water partition coefficient (Wildman–Crippen LogP) is 2.64. The summed E-state index contributed by atoms with van der Waals surface area (Å²) in [7, 11) is 0.